The normalized spacial score (nSPS) is 11.4. The third-order valence-electron chi connectivity index (χ3n) is 2.32. The Kier molecular flexibility index (Phi) is 2.12. The monoisotopic (exact) mass is 296 g/mol. The minimum absolute atomic E-state index is 0.448. The van der Waals surface area contributed by atoms with Crippen LogP contribution in [-0.4, -0.2) is 19.6 Å². The summed E-state index contributed by atoms with van der Waals surface area (Å²) >= 11 is 9.35. The first kappa shape index (κ1) is 9.99. The highest BCUT2D eigenvalue weighted by Crippen LogP contribution is 2.24. The Balaban J connectivity index is 2.59. The van der Waals surface area contributed by atoms with Gasteiger partial charge in [-0.3, -0.25) is 0 Å². The lowest BCUT2D eigenvalue weighted by atomic mass is 10.3. The van der Waals surface area contributed by atoms with Crippen molar-refractivity contribution < 1.29 is 0 Å². The Morgan fingerprint density at radius 1 is 1.38 bits per heavy atom. The highest BCUT2D eigenvalue weighted by molar-refractivity contribution is 9.10. The molecule has 4 nitrogen and oxygen atoms in total. The van der Waals surface area contributed by atoms with Gasteiger partial charge in [0.2, 0.25) is 0 Å². The first-order chi connectivity index (χ1) is 7.65. The van der Waals surface area contributed by atoms with E-state index in [0.29, 0.717) is 5.15 Å². The topological polar surface area (TPSA) is 43.1 Å². The number of nitrogens with zero attached hydrogens (tertiary/aromatic N) is 4. The SMILES string of the molecule is Cc1nc2c(Br)cc3cnc(Cl)cc3n2n1. The van der Waals surface area contributed by atoms with Crippen molar-refractivity contribution in [2.75, 3.05) is 0 Å². The van der Waals surface area contributed by atoms with Crippen LogP contribution in [-0.2, 0) is 0 Å². The van der Waals surface area contributed by atoms with E-state index in [0.717, 1.165) is 26.8 Å². The quantitative estimate of drug-likeness (QED) is 0.599. The lowest BCUT2D eigenvalue weighted by Gasteiger charge is -2.02. The van der Waals surface area contributed by atoms with Gasteiger partial charge in [0.15, 0.2) is 5.65 Å². The molecule has 3 aromatic heterocycles. The molecule has 0 aliphatic carbocycles. The van der Waals surface area contributed by atoms with E-state index < -0.39 is 0 Å². The van der Waals surface area contributed by atoms with E-state index in [9.17, 15) is 0 Å². The largest absolute Gasteiger partial charge is 0.244 e. The van der Waals surface area contributed by atoms with Crippen LogP contribution in [0.1, 0.15) is 5.82 Å². The molecule has 0 fully saturated rings. The molecule has 0 N–H and O–H groups in total. The maximum atomic E-state index is 5.88. The maximum Gasteiger partial charge on any atom is 0.170 e. The van der Waals surface area contributed by atoms with Gasteiger partial charge in [-0.2, -0.15) is 5.10 Å². The first-order valence-corrected chi connectivity index (χ1v) is 5.79. The number of fused-ring (bicyclic) bond motifs is 3. The van der Waals surface area contributed by atoms with Crippen molar-refractivity contribution in [1.29, 1.82) is 0 Å². The molecule has 0 bridgehead atoms. The number of aryl methyl sites for hydroxylation is 1. The number of rotatable bonds is 0. The second kappa shape index (κ2) is 3.40. The van der Waals surface area contributed by atoms with E-state index in [1.807, 2.05) is 13.0 Å². The zero-order valence-electron chi connectivity index (χ0n) is 8.28. The number of halogens is 2. The molecule has 0 amide bonds. The number of pyridine rings is 2. The summed E-state index contributed by atoms with van der Waals surface area (Å²) in [6, 6.07) is 3.74. The first-order valence-electron chi connectivity index (χ1n) is 4.62. The molecule has 3 aromatic rings. The summed E-state index contributed by atoms with van der Waals surface area (Å²) in [5.74, 6) is 0.723. The van der Waals surface area contributed by atoms with Gasteiger partial charge in [-0.25, -0.2) is 14.5 Å². The second-order valence-electron chi connectivity index (χ2n) is 3.45. The number of aromatic nitrogens is 4. The van der Waals surface area contributed by atoms with Gasteiger partial charge < -0.3 is 0 Å². The third kappa shape index (κ3) is 1.39. The Hall–Kier alpha value is -1.20. The van der Waals surface area contributed by atoms with Crippen LogP contribution in [0, 0.1) is 6.92 Å². The van der Waals surface area contributed by atoms with Gasteiger partial charge in [0, 0.05) is 17.6 Å². The molecule has 0 saturated heterocycles. The molecule has 0 radical (unpaired) electrons. The zero-order chi connectivity index (χ0) is 11.3. The van der Waals surface area contributed by atoms with Crippen LogP contribution in [0.3, 0.4) is 0 Å². The van der Waals surface area contributed by atoms with Crippen molar-refractivity contribution in [3.05, 3.63) is 33.8 Å². The van der Waals surface area contributed by atoms with E-state index >= 15 is 0 Å². The van der Waals surface area contributed by atoms with E-state index in [1.54, 1.807) is 16.8 Å². The van der Waals surface area contributed by atoms with Crippen LogP contribution >= 0.6 is 27.5 Å². The molecule has 0 atom stereocenters. The molecule has 0 spiro atoms. The van der Waals surface area contributed by atoms with E-state index in [-0.39, 0.29) is 0 Å². The fraction of sp³-hybridized carbons (Fsp3) is 0.100. The maximum absolute atomic E-state index is 5.88. The molecule has 0 aromatic carbocycles. The van der Waals surface area contributed by atoms with Gasteiger partial charge in [0.1, 0.15) is 11.0 Å². The zero-order valence-corrected chi connectivity index (χ0v) is 10.6. The smallest absolute Gasteiger partial charge is 0.170 e. The van der Waals surface area contributed by atoms with Gasteiger partial charge in [-0.1, -0.05) is 11.6 Å². The molecule has 16 heavy (non-hydrogen) atoms. The second-order valence-corrected chi connectivity index (χ2v) is 4.69. The molecular formula is C10H6BrClN4. The lowest BCUT2D eigenvalue weighted by molar-refractivity contribution is 0.962. The molecule has 6 heteroatoms. The highest BCUT2D eigenvalue weighted by Gasteiger charge is 2.09. The van der Waals surface area contributed by atoms with Crippen molar-refractivity contribution >= 4 is 44.1 Å². The van der Waals surface area contributed by atoms with Crippen molar-refractivity contribution in [2.24, 2.45) is 0 Å². The van der Waals surface area contributed by atoms with Crippen molar-refractivity contribution in [3.8, 4) is 0 Å². The average Bonchev–Trinajstić information content (AvgIpc) is 2.62. The standard InChI is InChI=1S/C10H6BrClN4/c1-5-14-10-7(11)2-6-4-13-9(12)3-8(6)16(10)15-5/h2-4H,1H3. The summed E-state index contributed by atoms with van der Waals surface area (Å²) in [7, 11) is 0. The van der Waals surface area contributed by atoms with Crippen molar-refractivity contribution in [2.45, 2.75) is 6.92 Å². The Bertz CT molecular complexity index is 707. The predicted octanol–water partition coefficient (Wildman–Crippen LogP) is 3.00. The van der Waals surface area contributed by atoms with Gasteiger partial charge >= 0.3 is 0 Å². The number of hydrogen-bond acceptors (Lipinski definition) is 3. The summed E-state index contributed by atoms with van der Waals surface area (Å²) in [5.41, 5.74) is 1.69. The van der Waals surface area contributed by atoms with Gasteiger partial charge in [0.25, 0.3) is 0 Å². The summed E-state index contributed by atoms with van der Waals surface area (Å²) < 4.78 is 2.66. The summed E-state index contributed by atoms with van der Waals surface area (Å²) in [6.07, 6.45) is 1.72. The van der Waals surface area contributed by atoms with Crippen LogP contribution < -0.4 is 0 Å². The molecule has 80 valence electrons. The highest BCUT2D eigenvalue weighted by atomic mass is 79.9. The third-order valence-corrected chi connectivity index (χ3v) is 3.11. The summed E-state index contributed by atoms with van der Waals surface area (Å²) in [6.45, 7) is 1.86. The Morgan fingerprint density at radius 3 is 3.00 bits per heavy atom. The fourth-order valence-electron chi connectivity index (χ4n) is 1.66. The van der Waals surface area contributed by atoms with Gasteiger partial charge in [-0.05, 0) is 28.9 Å². The van der Waals surface area contributed by atoms with Crippen molar-refractivity contribution in [1.82, 2.24) is 19.6 Å². The van der Waals surface area contributed by atoms with Crippen LogP contribution in [0.25, 0.3) is 16.6 Å². The lowest BCUT2D eigenvalue weighted by Crippen LogP contribution is -1.92. The molecule has 0 aliphatic rings. The minimum atomic E-state index is 0.448. The molecule has 0 aliphatic heterocycles. The number of hydrogen-bond donors (Lipinski definition) is 0. The van der Waals surface area contributed by atoms with E-state index in [1.165, 1.54) is 0 Å². The molecular weight excluding hydrogens is 291 g/mol. The van der Waals surface area contributed by atoms with Crippen LogP contribution in [0.5, 0.6) is 0 Å². The average molecular weight is 298 g/mol. The molecule has 0 unspecified atom stereocenters. The van der Waals surface area contributed by atoms with Crippen molar-refractivity contribution in [3.63, 3.8) is 0 Å². The molecule has 0 saturated carbocycles. The fourth-order valence-corrected chi connectivity index (χ4v) is 2.32. The summed E-state index contributed by atoms with van der Waals surface area (Å²) in [5, 5.41) is 5.75. The Labute approximate surface area is 104 Å². The summed E-state index contributed by atoms with van der Waals surface area (Å²) in [4.78, 5) is 8.38. The predicted molar refractivity (Wildman–Crippen MR) is 65.7 cm³/mol. The van der Waals surface area contributed by atoms with Gasteiger partial charge in [-0.15, -0.1) is 0 Å². The minimum Gasteiger partial charge on any atom is -0.244 e. The van der Waals surface area contributed by atoms with E-state index in [4.69, 9.17) is 11.6 Å². The molecule has 3 rings (SSSR count). The van der Waals surface area contributed by atoms with Crippen LogP contribution in [0.4, 0.5) is 0 Å². The van der Waals surface area contributed by atoms with Crippen LogP contribution in [0.2, 0.25) is 5.15 Å². The van der Waals surface area contributed by atoms with E-state index in [2.05, 4.69) is 31.0 Å². The molecule has 3 heterocycles. The Morgan fingerprint density at radius 2 is 2.19 bits per heavy atom. The van der Waals surface area contributed by atoms with Gasteiger partial charge in [0.05, 0.1) is 9.99 Å². The van der Waals surface area contributed by atoms with Crippen LogP contribution in [0.15, 0.2) is 22.8 Å².